The Morgan fingerprint density at radius 1 is 1.09 bits per heavy atom. The predicted molar refractivity (Wildman–Crippen MR) is 86.0 cm³/mol. The molecule has 0 saturated carbocycles. The average Bonchev–Trinajstić information content (AvgIpc) is 2.55. The molecule has 3 rings (SSSR count). The van der Waals surface area contributed by atoms with Gasteiger partial charge < -0.3 is 14.8 Å². The van der Waals surface area contributed by atoms with Crippen molar-refractivity contribution in [2.24, 2.45) is 0 Å². The van der Waals surface area contributed by atoms with Crippen LogP contribution in [-0.4, -0.2) is 24.4 Å². The second kappa shape index (κ2) is 6.52. The molecule has 2 aromatic rings. The quantitative estimate of drug-likeness (QED) is 0.881. The Morgan fingerprint density at radius 3 is 2.48 bits per heavy atom. The zero-order valence-corrected chi connectivity index (χ0v) is 12.7. The summed E-state index contributed by atoms with van der Waals surface area (Å²) in [5.41, 5.74) is 1.26. The number of benzene rings is 2. The normalized spacial score (nSPS) is 15.8. The lowest BCUT2D eigenvalue weighted by molar-refractivity contribution is -0.118. The number of hydrogen-bond acceptors (Lipinski definition) is 4. The number of carbonyl (C=O) groups is 2. The van der Waals surface area contributed by atoms with E-state index in [4.69, 9.17) is 9.47 Å². The number of para-hydroxylation sites is 2. The van der Waals surface area contributed by atoms with Crippen LogP contribution >= 0.6 is 0 Å². The first-order valence-electron chi connectivity index (χ1n) is 7.41. The molecule has 1 amide bonds. The summed E-state index contributed by atoms with van der Waals surface area (Å²) in [6, 6.07) is 14.2. The Morgan fingerprint density at radius 2 is 1.78 bits per heavy atom. The first kappa shape index (κ1) is 15.1. The maximum atomic E-state index is 12.1. The average molecular weight is 311 g/mol. The fourth-order valence-electron chi connectivity index (χ4n) is 2.37. The molecule has 0 aromatic heterocycles. The SMILES string of the molecule is CC(=O)c1ccc(NC(=O)C[C@H]2COc3ccccc3O2)cc1. The summed E-state index contributed by atoms with van der Waals surface area (Å²) in [5, 5.41) is 2.79. The molecule has 0 radical (unpaired) electrons. The molecule has 0 aliphatic carbocycles. The fraction of sp³-hybridized carbons (Fsp3) is 0.222. The molecular formula is C18H17NO4. The van der Waals surface area contributed by atoms with Crippen LogP contribution in [0.5, 0.6) is 11.5 Å². The van der Waals surface area contributed by atoms with Gasteiger partial charge in [0.2, 0.25) is 5.91 Å². The highest BCUT2D eigenvalue weighted by Crippen LogP contribution is 2.31. The Kier molecular flexibility index (Phi) is 4.28. The zero-order chi connectivity index (χ0) is 16.2. The van der Waals surface area contributed by atoms with E-state index < -0.39 is 0 Å². The van der Waals surface area contributed by atoms with Gasteiger partial charge in [-0.2, -0.15) is 0 Å². The molecule has 0 spiro atoms. The third kappa shape index (κ3) is 3.69. The minimum absolute atomic E-state index is 0.00528. The number of carbonyl (C=O) groups excluding carboxylic acids is 2. The molecule has 5 nitrogen and oxygen atoms in total. The maximum Gasteiger partial charge on any atom is 0.228 e. The van der Waals surface area contributed by atoms with Crippen LogP contribution in [0, 0.1) is 0 Å². The molecule has 1 aliphatic heterocycles. The number of ketones is 1. The van der Waals surface area contributed by atoms with Gasteiger partial charge in [0.1, 0.15) is 12.7 Å². The molecule has 1 aliphatic rings. The lowest BCUT2D eigenvalue weighted by Crippen LogP contribution is -2.33. The summed E-state index contributed by atoms with van der Waals surface area (Å²) in [6.45, 7) is 1.85. The van der Waals surface area contributed by atoms with Crippen LogP contribution in [0.1, 0.15) is 23.7 Å². The Labute approximate surface area is 134 Å². The Bertz CT molecular complexity index is 724. The Hall–Kier alpha value is -2.82. The van der Waals surface area contributed by atoms with E-state index in [1.165, 1.54) is 6.92 Å². The van der Waals surface area contributed by atoms with Gasteiger partial charge in [0.15, 0.2) is 17.3 Å². The second-order valence-electron chi connectivity index (χ2n) is 5.38. The van der Waals surface area contributed by atoms with E-state index in [1.54, 1.807) is 24.3 Å². The van der Waals surface area contributed by atoms with Crippen LogP contribution in [0.4, 0.5) is 5.69 Å². The number of hydrogen-bond donors (Lipinski definition) is 1. The van der Waals surface area contributed by atoms with E-state index >= 15 is 0 Å². The van der Waals surface area contributed by atoms with Crippen molar-refractivity contribution in [3.05, 3.63) is 54.1 Å². The van der Waals surface area contributed by atoms with Crippen LogP contribution in [0.15, 0.2) is 48.5 Å². The standard InChI is InChI=1S/C18H17NO4/c1-12(20)13-6-8-14(9-7-13)19-18(21)10-15-11-22-16-4-2-3-5-17(16)23-15/h2-9,15H,10-11H2,1H3,(H,19,21)/t15-/m0/s1. The van der Waals surface area contributed by atoms with Gasteiger partial charge >= 0.3 is 0 Å². The molecule has 1 atom stereocenters. The van der Waals surface area contributed by atoms with Gasteiger partial charge in [0.05, 0.1) is 6.42 Å². The molecule has 5 heteroatoms. The molecule has 118 valence electrons. The van der Waals surface area contributed by atoms with Crippen molar-refractivity contribution in [2.45, 2.75) is 19.4 Å². The lowest BCUT2D eigenvalue weighted by atomic mass is 10.1. The van der Waals surface area contributed by atoms with Gasteiger partial charge in [-0.3, -0.25) is 9.59 Å². The van der Waals surface area contributed by atoms with Gasteiger partial charge in [0.25, 0.3) is 0 Å². The zero-order valence-electron chi connectivity index (χ0n) is 12.7. The van der Waals surface area contributed by atoms with Gasteiger partial charge in [-0.25, -0.2) is 0 Å². The number of fused-ring (bicyclic) bond motifs is 1. The van der Waals surface area contributed by atoms with E-state index in [9.17, 15) is 9.59 Å². The number of amides is 1. The number of nitrogens with one attached hydrogen (secondary N) is 1. The summed E-state index contributed by atoms with van der Waals surface area (Å²) in [6.07, 6.45) is -0.121. The van der Waals surface area contributed by atoms with Crippen LogP contribution in [0.3, 0.4) is 0 Å². The molecule has 1 N–H and O–H groups in total. The highest BCUT2D eigenvalue weighted by molar-refractivity contribution is 5.95. The number of anilines is 1. The van der Waals surface area contributed by atoms with E-state index in [-0.39, 0.29) is 24.2 Å². The summed E-state index contributed by atoms with van der Waals surface area (Å²) in [4.78, 5) is 23.3. The number of ether oxygens (including phenoxy) is 2. The lowest BCUT2D eigenvalue weighted by Gasteiger charge is -2.26. The van der Waals surface area contributed by atoms with E-state index in [1.807, 2.05) is 24.3 Å². The first-order chi connectivity index (χ1) is 11.1. The van der Waals surface area contributed by atoms with Crippen molar-refractivity contribution >= 4 is 17.4 Å². The molecule has 23 heavy (non-hydrogen) atoms. The summed E-state index contributed by atoms with van der Waals surface area (Å²) in [5.74, 6) is 1.19. The summed E-state index contributed by atoms with van der Waals surface area (Å²) in [7, 11) is 0. The van der Waals surface area contributed by atoms with Gasteiger partial charge in [-0.05, 0) is 43.3 Å². The first-order valence-corrected chi connectivity index (χ1v) is 7.41. The van der Waals surface area contributed by atoms with Crippen LogP contribution < -0.4 is 14.8 Å². The largest absolute Gasteiger partial charge is 0.486 e. The van der Waals surface area contributed by atoms with Crippen molar-refractivity contribution in [1.29, 1.82) is 0 Å². The van der Waals surface area contributed by atoms with Crippen LogP contribution in [0.25, 0.3) is 0 Å². The molecule has 2 aromatic carbocycles. The smallest absolute Gasteiger partial charge is 0.228 e. The van der Waals surface area contributed by atoms with Crippen molar-refractivity contribution in [3.63, 3.8) is 0 Å². The number of Topliss-reactive ketones (excluding diaryl/α,β-unsaturated/α-hetero) is 1. The summed E-state index contributed by atoms with van der Waals surface area (Å²) >= 11 is 0. The minimum Gasteiger partial charge on any atom is -0.486 e. The Balaban J connectivity index is 1.57. The van der Waals surface area contributed by atoms with E-state index in [0.717, 1.165) is 0 Å². The molecule has 1 heterocycles. The molecule has 0 unspecified atom stereocenters. The molecular weight excluding hydrogens is 294 g/mol. The summed E-state index contributed by atoms with van der Waals surface area (Å²) < 4.78 is 11.3. The highest BCUT2D eigenvalue weighted by Gasteiger charge is 2.23. The van der Waals surface area contributed by atoms with E-state index in [2.05, 4.69) is 5.32 Å². The van der Waals surface area contributed by atoms with Gasteiger partial charge in [-0.1, -0.05) is 12.1 Å². The minimum atomic E-state index is -0.318. The second-order valence-corrected chi connectivity index (χ2v) is 5.38. The van der Waals surface area contributed by atoms with Gasteiger partial charge in [-0.15, -0.1) is 0 Å². The molecule has 0 bridgehead atoms. The topological polar surface area (TPSA) is 64.6 Å². The van der Waals surface area contributed by atoms with Crippen molar-refractivity contribution in [1.82, 2.24) is 0 Å². The molecule has 0 saturated heterocycles. The van der Waals surface area contributed by atoms with Crippen LogP contribution in [0.2, 0.25) is 0 Å². The van der Waals surface area contributed by atoms with Crippen LogP contribution in [-0.2, 0) is 4.79 Å². The predicted octanol–water partition coefficient (Wildman–Crippen LogP) is 3.06. The molecule has 0 fully saturated rings. The van der Waals surface area contributed by atoms with Crippen molar-refractivity contribution in [3.8, 4) is 11.5 Å². The third-order valence-corrected chi connectivity index (χ3v) is 3.56. The van der Waals surface area contributed by atoms with Crippen molar-refractivity contribution < 1.29 is 19.1 Å². The van der Waals surface area contributed by atoms with Gasteiger partial charge in [0, 0.05) is 11.3 Å². The highest BCUT2D eigenvalue weighted by atomic mass is 16.6. The number of rotatable bonds is 4. The van der Waals surface area contributed by atoms with E-state index in [0.29, 0.717) is 29.4 Å². The fourth-order valence-corrected chi connectivity index (χ4v) is 2.37. The maximum absolute atomic E-state index is 12.1. The monoisotopic (exact) mass is 311 g/mol. The third-order valence-electron chi connectivity index (χ3n) is 3.56. The van der Waals surface area contributed by atoms with Crippen molar-refractivity contribution in [2.75, 3.05) is 11.9 Å².